The maximum absolute atomic E-state index is 10.7. The minimum atomic E-state index is -0.267. The Morgan fingerprint density at radius 3 is 3.18 bits per heavy atom. The van der Waals surface area contributed by atoms with Crippen LogP contribution in [0.5, 0.6) is 0 Å². The molecule has 0 aromatic carbocycles. The van der Waals surface area contributed by atoms with Gasteiger partial charge in [-0.1, -0.05) is 18.2 Å². The van der Waals surface area contributed by atoms with E-state index in [-0.39, 0.29) is 11.9 Å². The van der Waals surface area contributed by atoms with Gasteiger partial charge in [0.1, 0.15) is 6.04 Å². The van der Waals surface area contributed by atoms with Crippen LogP contribution in [-0.4, -0.2) is 23.9 Å². The summed E-state index contributed by atoms with van der Waals surface area (Å²) in [6.45, 7) is 0. The molecule has 1 aliphatic carbocycles. The van der Waals surface area contributed by atoms with Crippen molar-refractivity contribution in [2.75, 3.05) is 0 Å². The minimum absolute atomic E-state index is 0.0299. The minimum Gasteiger partial charge on any atom is -0.273 e. The molecule has 1 atom stereocenters. The van der Waals surface area contributed by atoms with Gasteiger partial charge in [-0.3, -0.25) is 9.79 Å². The third kappa shape index (κ3) is 1.05. The van der Waals surface area contributed by atoms with Gasteiger partial charge in [0, 0.05) is 0 Å². The average Bonchev–Trinajstić information content (AvgIpc) is 2.04. The third-order valence-electron chi connectivity index (χ3n) is 1.56. The quantitative estimate of drug-likeness (QED) is 0.491. The van der Waals surface area contributed by atoms with Gasteiger partial charge in [0.2, 0.25) is 0 Å². The summed E-state index contributed by atoms with van der Waals surface area (Å²) in [5.74, 6) is -0.267. The fourth-order valence-electron chi connectivity index (χ4n) is 1.05. The Morgan fingerprint density at radius 2 is 2.27 bits per heavy atom. The van der Waals surface area contributed by atoms with Crippen LogP contribution in [0.3, 0.4) is 0 Å². The lowest BCUT2D eigenvalue weighted by molar-refractivity contribution is -0.111. The van der Waals surface area contributed by atoms with Gasteiger partial charge in [-0.2, -0.15) is 0 Å². The van der Waals surface area contributed by atoms with Gasteiger partial charge in [-0.05, 0) is 6.08 Å². The van der Waals surface area contributed by atoms with E-state index < -0.39 is 0 Å². The van der Waals surface area contributed by atoms with Crippen LogP contribution in [0.4, 0.5) is 0 Å². The van der Waals surface area contributed by atoms with E-state index in [2.05, 4.69) is 9.98 Å². The summed E-state index contributed by atoms with van der Waals surface area (Å²) in [5, 5.41) is 0. The van der Waals surface area contributed by atoms with E-state index in [1.165, 1.54) is 6.21 Å². The fraction of sp³-hybridized carbons (Fsp3) is 0.125. The normalized spacial score (nSPS) is 26.7. The van der Waals surface area contributed by atoms with Crippen molar-refractivity contribution in [1.29, 1.82) is 0 Å². The molecule has 0 N–H and O–H groups in total. The molecule has 1 amide bonds. The number of hydrogen-bond acceptors (Lipinski definition) is 2. The first-order valence-corrected chi connectivity index (χ1v) is 3.37. The van der Waals surface area contributed by atoms with Crippen molar-refractivity contribution in [1.82, 2.24) is 0 Å². The Balaban J connectivity index is 2.39. The summed E-state index contributed by atoms with van der Waals surface area (Å²) < 4.78 is 0. The van der Waals surface area contributed by atoms with Crippen LogP contribution in [-0.2, 0) is 4.79 Å². The molecule has 1 heterocycles. The van der Waals surface area contributed by atoms with Gasteiger partial charge in [0.25, 0.3) is 5.91 Å². The number of hydrogen-bond donors (Lipinski definition) is 0. The summed E-state index contributed by atoms with van der Waals surface area (Å²) in [6, 6.07) is -0.0299. The number of aliphatic imine (C=N–C) groups is 2. The van der Waals surface area contributed by atoms with Crippen molar-refractivity contribution >= 4 is 17.8 Å². The highest BCUT2D eigenvalue weighted by Crippen LogP contribution is 2.08. The molecule has 0 saturated carbocycles. The lowest BCUT2D eigenvalue weighted by Crippen LogP contribution is -2.22. The van der Waals surface area contributed by atoms with Crippen LogP contribution in [0, 0.1) is 0 Å². The van der Waals surface area contributed by atoms with E-state index in [0.717, 1.165) is 5.71 Å². The van der Waals surface area contributed by atoms with Gasteiger partial charge in [-0.25, -0.2) is 4.99 Å². The molecule has 0 bridgehead atoms. The molecule has 0 saturated heterocycles. The molecule has 0 spiro atoms. The third-order valence-corrected chi connectivity index (χ3v) is 1.56. The van der Waals surface area contributed by atoms with Crippen molar-refractivity contribution in [2.45, 2.75) is 6.04 Å². The lowest BCUT2D eigenvalue weighted by atomic mass is 10.1. The zero-order valence-corrected chi connectivity index (χ0v) is 5.77. The Morgan fingerprint density at radius 1 is 1.36 bits per heavy atom. The van der Waals surface area contributed by atoms with Crippen molar-refractivity contribution in [3.63, 3.8) is 0 Å². The molecule has 0 aromatic rings. The molecule has 11 heavy (non-hydrogen) atoms. The second-order valence-electron chi connectivity index (χ2n) is 2.34. The zero-order valence-electron chi connectivity index (χ0n) is 5.77. The summed E-state index contributed by atoms with van der Waals surface area (Å²) >= 11 is 0. The van der Waals surface area contributed by atoms with E-state index in [4.69, 9.17) is 0 Å². The van der Waals surface area contributed by atoms with Crippen molar-refractivity contribution in [3.8, 4) is 0 Å². The van der Waals surface area contributed by atoms with E-state index in [9.17, 15) is 4.79 Å². The van der Waals surface area contributed by atoms with Gasteiger partial charge < -0.3 is 0 Å². The van der Waals surface area contributed by atoms with E-state index in [0.29, 0.717) is 0 Å². The number of carbonyl (C=O) groups is 1. The van der Waals surface area contributed by atoms with Crippen molar-refractivity contribution < 1.29 is 4.79 Å². The molecule has 0 aromatic heterocycles. The highest BCUT2D eigenvalue weighted by Gasteiger charge is 2.15. The molecule has 1 unspecified atom stereocenters. The second-order valence-corrected chi connectivity index (χ2v) is 2.34. The molecule has 54 valence electrons. The summed E-state index contributed by atoms with van der Waals surface area (Å²) in [6.07, 6.45) is 8.72. The molecular formula is C8H6N2O. The maximum atomic E-state index is 10.7. The molecule has 3 nitrogen and oxygen atoms in total. The Labute approximate surface area is 63.9 Å². The first kappa shape index (κ1) is 6.22. The Bertz CT molecular complexity index is 310. The van der Waals surface area contributed by atoms with Crippen molar-refractivity contribution in [3.05, 3.63) is 24.3 Å². The van der Waals surface area contributed by atoms with Crippen molar-refractivity contribution in [2.24, 2.45) is 9.98 Å². The molecule has 0 radical (unpaired) electrons. The summed E-state index contributed by atoms with van der Waals surface area (Å²) in [5.41, 5.74) is 0.736. The van der Waals surface area contributed by atoms with Gasteiger partial charge in [0.15, 0.2) is 0 Å². The highest BCUT2D eigenvalue weighted by molar-refractivity contribution is 6.32. The lowest BCUT2D eigenvalue weighted by Gasteiger charge is -2.12. The van der Waals surface area contributed by atoms with Gasteiger partial charge >= 0.3 is 0 Å². The maximum Gasteiger partial charge on any atom is 0.288 e. The standard InChI is InChI=1S/C8H6N2O/c11-8-5-9-6-3-1-2-4-7(6)10-8/h1-6H. The fourth-order valence-corrected chi connectivity index (χ4v) is 1.05. The van der Waals surface area contributed by atoms with E-state index in [1.807, 2.05) is 18.2 Å². The predicted octanol–water partition coefficient (Wildman–Crippen LogP) is 0.533. The van der Waals surface area contributed by atoms with Gasteiger partial charge in [-0.15, -0.1) is 0 Å². The Hall–Kier alpha value is -1.51. The number of carbonyl (C=O) groups excluding carboxylic acids is 1. The Kier molecular flexibility index (Phi) is 1.28. The molecule has 2 rings (SSSR count). The zero-order chi connectivity index (χ0) is 7.68. The van der Waals surface area contributed by atoms with E-state index >= 15 is 0 Å². The van der Waals surface area contributed by atoms with Crippen LogP contribution < -0.4 is 0 Å². The SMILES string of the molecule is O=C1C=NC2C=CC=CC2=N1. The molecular weight excluding hydrogens is 140 g/mol. The number of nitrogens with zero attached hydrogens (tertiary/aromatic N) is 2. The van der Waals surface area contributed by atoms with Crippen LogP contribution in [0.25, 0.3) is 0 Å². The number of allylic oxidation sites excluding steroid dienone is 2. The predicted molar refractivity (Wildman–Crippen MR) is 43.0 cm³/mol. The van der Waals surface area contributed by atoms with Crippen LogP contribution >= 0.6 is 0 Å². The first-order chi connectivity index (χ1) is 5.36. The second kappa shape index (κ2) is 2.27. The molecule has 2 aliphatic rings. The largest absolute Gasteiger partial charge is 0.288 e. The molecule has 3 heteroatoms. The smallest absolute Gasteiger partial charge is 0.273 e. The molecule has 0 fully saturated rings. The van der Waals surface area contributed by atoms with E-state index in [1.54, 1.807) is 6.08 Å². The van der Waals surface area contributed by atoms with Crippen LogP contribution in [0.2, 0.25) is 0 Å². The van der Waals surface area contributed by atoms with Gasteiger partial charge in [0.05, 0.1) is 11.9 Å². The topological polar surface area (TPSA) is 41.8 Å². The van der Waals surface area contributed by atoms with Crippen LogP contribution in [0.1, 0.15) is 0 Å². The average molecular weight is 146 g/mol. The number of fused-ring (bicyclic) bond motifs is 1. The van der Waals surface area contributed by atoms with Crippen LogP contribution in [0.15, 0.2) is 34.3 Å². The first-order valence-electron chi connectivity index (χ1n) is 3.37. The molecule has 1 aliphatic heterocycles. The number of amides is 1. The summed E-state index contributed by atoms with van der Waals surface area (Å²) in [4.78, 5) is 18.5. The monoisotopic (exact) mass is 146 g/mol. The number of rotatable bonds is 0. The highest BCUT2D eigenvalue weighted by atomic mass is 16.1. The summed E-state index contributed by atoms with van der Waals surface area (Å²) in [7, 11) is 0.